The molecular weight excluding hydrogens is 420 g/mol. The van der Waals surface area contributed by atoms with Crippen LogP contribution in [0.25, 0.3) is 0 Å². The van der Waals surface area contributed by atoms with Gasteiger partial charge in [-0.3, -0.25) is 19.3 Å². The van der Waals surface area contributed by atoms with Crippen molar-refractivity contribution in [1.29, 1.82) is 0 Å². The lowest BCUT2D eigenvalue weighted by molar-refractivity contribution is -0.151. The number of hydrogen-bond acceptors (Lipinski definition) is 6. The van der Waals surface area contributed by atoms with Crippen LogP contribution >= 0.6 is 11.8 Å². The summed E-state index contributed by atoms with van der Waals surface area (Å²) in [7, 11) is 0. The molecule has 2 aliphatic heterocycles. The van der Waals surface area contributed by atoms with E-state index < -0.39 is 41.1 Å². The first kappa shape index (κ1) is 20.8. The third kappa shape index (κ3) is 3.73. The number of carboxylic acid groups (broad SMARTS) is 1. The lowest BCUT2D eigenvalue weighted by atomic mass is 9.97. The van der Waals surface area contributed by atoms with Gasteiger partial charge in [0.15, 0.2) is 11.9 Å². The molecule has 1 saturated heterocycles. The number of benzene rings is 2. The molecule has 31 heavy (non-hydrogen) atoms. The molecule has 2 heterocycles. The molecule has 3 N–H and O–H groups in total. The van der Waals surface area contributed by atoms with Crippen molar-refractivity contribution in [1.82, 2.24) is 10.2 Å². The Morgan fingerprint density at radius 1 is 1.03 bits per heavy atom. The molecule has 0 radical (unpaired) electrons. The third-order valence-corrected chi connectivity index (χ3v) is 6.42. The average Bonchev–Trinajstić information content (AvgIpc) is 2.81. The number of carbonyl (C=O) groups excluding carboxylic acids is 3. The van der Waals surface area contributed by atoms with Gasteiger partial charge in [-0.05, 0) is 5.56 Å². The number of carbonyl (C=O) groups is 4. The topological polar surface area (TPSA) is 124 Å². The van der Waals surface area contributed by atoms with Crippen molar-refractivity contribution in [2.45, 2.75) is 17.5 Å². The zero-order valence-electron chi connectivity index (χ0n) is 16.1. The Morgan fingerprint density at radius 3 is 2.26 bits per heavy atom. The van der Waals surface area contributed by atoms with Crippen LogP contribution in [0.1, 0.15) is 22.0 Å². The second-order valence-electron chi connectivity index (χ2n) is 7.04. The van der Waals surface area contributed by atoms with Gasteiger partial charge in [0, 0.05) is 16.9 Å². The predicted molar refractivity (Wildman–Crippen MR) is 112 cm³/mol. The van der Waals surface area contributed by atoms with Gasteiger partial charge in [-0.2, -0.15) is 0 Å². The summed E-state index contributed by atoms with van der Waals surface area (Å²) < 4.78 is 0. The number of aliphatic hydroxyl groups is 1. The van der Waals surface area contributed by atoms with Crippen LogP contribution in [0.15, 0.2) is 71.9 Å². The Balaban J connectivity index is 1.54. The number of amides is 2. The van der Waals surface area contributed by atoms with Crippen molar-refractivity contribution >= 4 is 35.3 Å². The average molecular weight is 438 g/mol. The van der Waals surface area contributed by atoms with E-state index in [1.165, 1.54) is 11.8 Å². The molecule has 0 bridgehead atoms. The molecule has 2 aromatic carbocycles. The smallest absolute Gasteiger partial charge is 0.353 e. The highest BCUT2D eigenvalue weighted by molar-refractivity contribution is 8.00. The molecule has 0 saturated carbocycles. The van der Waals surface area contributed by atoms with Crippen LogP contribution in [0.2, 0.25) is 0 Å². The van der Waals surface area contributed by atoms with E-state index in [2.05, 4.69) is 5.32 Å². The first-order valence-electron chi connectivity index (χ1n) is 9.44. The van der Waals surface area contributed by atoms with Gasteiger partial charge in [-0.25, -0.2) is 4.79 Å². The molecule has 9 heteroatoms. The zero-order valence-corrected chi connectivity index (χ0v) is 16.9. The summed E-state index contributed by atoms with van der Waals surface area (Å²) in [6.45, 7) is 0. The molecule has 3 atom stereocenters. The Morgan fingerprint density at radius 2 is 1.65 bits per heavy atom. The van der Waals surface area contributed by atoms with E-state index in [0.717, 1.165) is 4.90 Å². The maximum Gasteiger partial charge on any atom is 0.353 e. The van der Waals surface area contributed by atoms with Crippen LogP contribution in [0.3, 0.4) is 0 Å². The van der Waals surface area contributed by atoms with E-state index in [0.29, 0.717) is 11.1 Å². The second kappa shape index (κ2) is 8.37. The standard InChI is InChI=1S/C22H18N2O6S/c25-17(12-7-3-1-4-8-12)14-11-31-21-15(20(28)24(21)16(14)22(29)30)23-19(27)18(26)13-9-5-2-6-10-13/h1-10,15,18,21,26H,11H2,(H,23,27)(H,29,30)/t15?,18?,21-/m1/s1. The number of β-lactam (4-membered cyclic amide) rings is 1. The molecule has 0 aliphatic carbocycles. The third-order valence-electron chi connectivity index (χ3n) is 5.14. The number of nitrogens with zero attached hydrogens (tertiary/aromatic N) is 1. The highest BCUT2D eigenvalue weighted by atomic mass is 32.2. The maximum absolute atomic E-state index is 12.8. The van der Waals surface area contributed by atoms with Crippen molar-refractivity contribution in [2.75, 3.05) is 5.75 Å². The van der Waals surface area contributed by atoms with E-state index in [1.807, 2.05) is 0 Å². The number of ketones is 1. The minimum absolute atomic E-state index is 0.0300. The first-order chi connectivity index (χ1) is 14.9. The van der Waals surface area contributed by atoms with E-state index in [-0.39, 0.29) is 17.0 Å². The van der Waals surface area contributed by atoms with Crippen molar-refractivity contribution in [3.8, 4) is 0 Å². The number of aliphatic hydroxyl groups excluding tert-OH is 1. The van der Waals surface area contributed by atoms with E-state index in [9.17, 15) is 29.4 Å². The molecule has 2 amide bonds. The first-order valence-corrected chi connectivity index (χ1v) is 10.5. The lowest BCUT2D eigenvalue weighted by Gasteiger charge is -2.49. The molecule has 0 aromatic heterocycles. The monoisotopic (exact) mass is 438 g/mol. The van der Waals surface area contributed by atoms with Crippen LogP contribution in [0, 0.1) is 0 Å². The summed E-state index contributed by atoms with van der Waals surface area (Å²) in [5.41, 5.74) is 0.375. The van der Waals surface area contributed by atoms with E-state index in [4.69, 9.17) is 0 Å². The number of rotatable bonds is 6. The van der Waals surface area contributed by atoms with Crippen molar-refractivity contribution in [3.05, 3.63) is 83.1 Å². The number of Topliss-reactive ketones (excluding diaryl/α,β-unsaturated/α-hetero) is 1. The fourth-order valence-electron chi connectivity index (χ4n) is 3.58. The van der Waals surface area contributed by atoms with Crippen molar-refractivity contribution < 1.29 is 29.4 Å². The van der Waals surface area contributed by atoms with E-state index in [1.54, 1.807) is 60.7 Å². The summed E-state index contributed by atoms with van der Waals surface area (Å²) in [5, 5.41) is 21.8. The van der Waals surface area contributed by atoms with Crippen LogP contribution in [-0.2, 0) is 14.4 Å². The highest BCUT2D eigenvalue weighted by Crippen LogP contribution is 2.41. The van der Waals surface area contributed by atoms with Gasteiger partial charge >= 0.3 is 5.97 Å². The largest absolute Gasteiger partial charge is 0.477 e. The number of aliphatic carboxylic acids is 1. The molecule has 2 aliphatic rings. The van der Waals surface area contributed by atoms with Gasteiger partial charge in [-0.15, -0.1) is 11.8 Å². The SMILES string of the molecule is O=C(O)C1=C(C(=O)c2ccccc2)CS[C@@H]2C(NC(=O)C(O)c3ccccc3)C(=O)N12. The fourth-order valence-corrected chi connectivity index (χ4v) is 4.92. The van der Waals surface area contributed by atoms with Crippen LogP contribution < -0.4 is 5.32 Å². The zero-order chi connectivity index (χ0) is 22.1. The molecule has 1 fully saturated rings. The summed E-state index contributed by atoms with van der Waals surface area (Å²) in [6.07, 6.45) is -1.46. The van der Waals surface area contributed by atoms with Gasteiger partial charge in [0.1, 0.15) is 17.1 Å². The minimum Gasteiger partial charge on any atom is -0.477 e. The Kier molecular flexibility index (Phi) is 5.62. The quantitative estimate of drug-likeness (QED) is 0.459. The number of nitrogens with one attached hydrogen (secondary N) is 1. The van der Waals surface area contributed by atoms with Gasteiger partial charge in [0.25, 0.3) is 11.8 Å². The molecule has 0 spiro atoms. The molecule has 2 aromatic rings. The number of thioether (sulfide) groups is 1. The second-order valence-corrected chi connectivity index (χ2v) is 8.14. The Bertz CT molecular complexity index is 1090. The van der Waals surface area contributed by atoms with Gasteiger partial charge < -0.3 is 15.5 Å². The van der Waals surface area contributed by atoms with Crippen LogP contribution in [0.4, 0.5) is 0 Å². The lowest BCUT2D eigenvalue weighted by Crippen LogP contribution is -2.71. The van der Waals surface area contributed by atoms with Gasteiger partial charge in [-0.1, -0.05) is 60.7 Å². The Labute approximate surface area is 181 Å². The van der Waals surface area contributed by atoms with Crippen LogP contribution in [-0.4, -0.2) is 55.8 Å². The summed E-state index contributed by atoms with van der Waals surface area (Å²) in [5.74, 6) is -3.15. The highest BCUT2D eigenvalue weighted by Gasteiger charge is 2.55. The fraction of sp³-hybridized carbons (Fsp3) is 0.182. The molecular formula is C22H18N2O6S. The number of hydrogen-bond donors (Lipinski definition) is 3. The maximum atomic E-state index is 12.8. The predicted octanol–water partition coefficient (Wildman–Crippen LogP) is 1.34. The van der Waals surface area contributed by atoms with E-state index >= 15 is 0 Å². The van der Waals surface area contributed by atoms with Gasteiger partial charge in [0.2, 0.25) is 0 Å². The summed E-state index contributed by atoms with van der Waals surface area (Å²) >= 11 is 1.19. The number of fused-ring (bicyclic) bond motifs is 1. The summed E-state index contributed by atoms with van der Waals surface area (Å²) in [4.78, 5) is 50.9. The molecule has 158 valence electrons. The van der Waals surface area contributed by atoms with Crippen LogP contribution in [0.5, 0.6) is 0 Å². The van der Waals surface area contributed by atoms with Crippen molar-refractivity contribution in [3.63, 3.8) is 0 Å². The molecule has 2 unspecified atom stereocenters. The molecule has 8 nitrogen and oxygen atoms in total. The van der Waals surface area contributed by atoms with Crippen molar-refractivity contribution in [2.24, 2.45) is 0 Å². The summed E-state index contributed by atoms with van der Waals surface area (Å²) in [6, 6.07) is 15.5. The normalized spacial score (nSPS) is 21.1. The van der Waals surface area contributed by atoms with Gasteiger partial charge in [0.05, 0.1) is 0 Å². The minimum atomic E-state index is -1.46. The number of carboxylic acids is 1. The molecule has 4 rings (SSSR count). The Hall–Kier alpha value is -3.43.